The number of esters is 2. The van der Waals surface area contributed by atoms with Crippen LogP contribution >= 0.6 is 11.8 Å². The van der Waals surface area contributed by atoms with Crippen LogP contribution in [0.25, 0.3) is 16.9 Å². The number of hydrogen-bond donors (Lipinski definition) is 0. The predicted molar refractivity (Wildman–Crippen MR) is 129 cm³/mol. The largest absolute Gasteiger partial charge is 0.465 e. The van der Waals surface area contributed by atoms with Crippen LogP contribution in [0.15, 0.2) is 88.7 Å². The van der Waals surface area contributed by atoms with Gasteiger partial charge in [0, 0.05) is 27.5 Å². The summed E-state index contributed by atoms with van der Waals surface area (Å²) in [4.78, 5) is 38.3. The van der Waals surface area contributed by atoms with Crippen molar-refractivity contribution in [3.8, 4) is 16.9 Å². The molecule has 0 spiro atoms. The molecule has 0 bridgehead atoms. The zero-order chi connectivity index (χ0) is 24.9. The van der Waals surface area contributed by atoms with Crippen molar-refractivity contribution in [2.45, 2.75) is 9.79 Å². The summed E-state index contributed by atoms with van der Waals surface area (Å²) in [5.74, 6) is -1.64. The summed E-state index contributed by atoms with van der Waals surface area (Å²) in [6.45, 7) is 0. The maximum atomic E-state index is 13.0. The Bertz CT molecular complexity index is 1400. The van der Waals surface area contributed by atoms with Gasteiger partial charge < -0.3 is 9.47 Å². The lowest BCUT2D eigenvalue weighted by Gasteiger charge is -2.09. The summed E-state index contributed by atoms with van der Waals surface area (Å²) >= 11 is 1.34. The third-order valence-electron chi connectivity index (χ3n) is 5.05. The number of para-hydroxylation sites is 1. The molecule has 1 heterocycles. The molecule has 0 saturated heterocycles. The van der Waals surface area contributed by atoms with Crippen molar-refractivity contribution in [1.29, 1.82) is 0 Å². The minimum atomic E-state index is -0.829. The van der Waals surface area contributed by atoms with E-state index in [0.717, 1.165) is 4.90 Å². The molecule has 10 heteroatoms. The Hall–Kier alpha value is -4.44. The highest BCUT2D eigenvalue weighted by Gasteiger charge is 2.33. The monoisotopic (exact) mass is 489 g/mol. The number of benzene rings is 3. The zero-order valence-electron chi connectivity index (χ0n) is 18.7. The van der Waals surface area contributed by atoms with Crippen molar-refractivity contribution < 1.29 is 24.0 Å². The number of rotatable bonds is 7. The summed E-state index contributed by atoms with van der Waals surface area (Å²) in [6, 6.07) is 22.4. The Labute approximate surface area is 204 Å². The number of ether oxygens (including phenoxy) is 2. The standard InChI is InChI=1S/C25H19N3O6S/c1-33-24(29)21-22(26-27(23(21)25(30)34-2)16-9-5-3-6-10-16)19-15-17(28(31)32)13-14-20(19)35-18-11-7-4-8-12-18/h3-15H,1-2H3. The summed E-state index contributed by atoms with van der Waals surface area (Å²) in [6.07, 6.45) is 0. The maximum Gasteiger partial charge on any atom is 0.357 e. The number of nitrogens with zero attached hydrogens (tertiary/aromatic N) is 3. The van der Waals surface area contributed by atoms with E-state index in [1.807, 2.05) is 30.3 Å². The van der Waals surface area contributed by atoms with Crippen LogP contribution in [0.1, 0.15) is 20.8 Å². The molecule has 9 nitrogen and oxygen atoms in total. The Kier molecular flexibility index (Phi) is 6.93. The number of aromatic nitrogens is 2. The second kappa shape index (κ2) is 10.2. The first-order valence-electron chi connectivity index (χ1n) is 10.3. The Balaban J connectivity index is 2.04. The molecule has 0 aliphatic rings. The molecule has 0 atom stereocenters. The van der Waals surface area contributed by atoms with E-state index in [4.69, 9.17) is 9.47 Å². The quantitative estimate of drug-likeness (QED) is 0.198. The molecule has 3 aromatic carbocycles. The SMILES string of the molecule is COC(=O)c1c(-c2cc([N+](=O)[O-])ccc2Sc2ccccc2)nn(-c2ccccc2)c1C(=O)OC. The van der Waals surface area contributed by atoms with Gasteiger partial charge in [-0.2, -0.15) is 5.10 Å². The highest BCUT2D eigenvalue weighted by molar-refractivity contribution is 7.99. The third-order valence-corrected chi connectivity index (χ3v) is 6.14. The van der Waals surface area contributed by atoms with E-state index in [2.05, 4.69) is 5.10 Å². The fourth-order valence-corrected chi connectivity index (χ4v) is 4.41. The van der Waals surface area contributed by atoms with Crippen molar-refractivity contribution in [1.82, 2.24) is 9.78 Å². The first-order valence-corrected chi connectivity index (χ1v) is 11.1. The Morgan fingerprint density at radius 2 is 1.54 bits per heavy atom. The lowest BCUT2D eigenvalue weighted by Crippen LogP contribution is -2.15. The number of nitro groups is 1. The molecule has 0 N–H and O–H groups in total. The average molecular weight is 490 g/mol. The molecule has 0 amide bonds. The van der Waals surface area contributed by atoms with Crippen LogP contribution in [0.3, 0.4) is 0 Å². The number of nitro benzene ring substituents is 1. The van der Waals surface area contributed by atoms with Crippen LogP contribution in [0.5, 0.6) is 0 Å². The van der Waals surface area contributed by atoms with E-state index < -0.39 is 16.9 Å². The summed E-state index contributed by atoms with van der Waals surface area (Å²) < 4.78 is 11.2. The smallest absolute Gasteiger partial charge is 0.357 e. The molecular formula is C25H19N3O6S. The third kappa shape index (κ3) is 4.78. The van der Waals surface area contributed by atoms with Crippen LogP contribution in [0.2, 0.25) is 0 Å². The van der Waals surface area contributed by atoms with Crippen molar-refractivity contribution in [3.05, 3.63) is 100 Å². The van der Waals surface area contributed by atoms with Gasteiger partial charge in [0.2, 0.25) is 0 Å². The minimum absolute atomic E-state index is 0.0586. The van der Waals surface area contributed by atoms with Crippen molar-refractivity contribution in [2.24, 2.45) is 0 Å². The van der Waals surface area contributed by atoms with Gasteiger partial charge in [0.1, 0.15) is 11.3 Å². The van der Waals surface area contributed by atoms with Gasteiger partial charge in [-0.15, -0.1) is 0 Å². The average Bonchev–Trinajstić information content (AvgIpc) is 3.29. The number of carbonyl (C=O) groups is 2. The molecule has 4 aromatic rings. The maximum absolute atomic E-state index is 13.0. The molecule has 35 heavy (non-hydrogen) atoms. The molecule has 0 aliphatic carbocycles. The van der Waals surface area contributed by atoms with Gasteiger partial charge in [0.25, 0.3) is 5.69 Å². The molecule has 4 rings (SSSR count). The van der Waals surface area contributed by atoms with Crippen LogP contribution in [-0.2, 0) is 9.47 Å². The fourth-order valence-electron chi connectivity index (χ4n) is 3.46. The second-order valence-electron chi connectivity index (χ2n) is 7.16. The van der Waals surface area contributed by atoms with Crippen LogP contribution in [-0.4, -0.2) is 40.9 Å². The molecule has 176 valence electrons. The molecule has 1 aromatic heterocycles. The zero-order valence-corrected chi connectivity index (χ0v) is 19.5. The summed E-state index contributed by atoms with van der Waals surface area (Å²) in [7, 11) is 2.37. The van der Waals surface area contributed by atoms with Crippen LogP contribution in [0.4, 0.5) is 5.69 Å². The number of methoxy groups -OCH3 is 2. The molecule has 0 fully saturated rings. The van der Waals surface area contributed by atoms with Crippen molar-refractivity contribution in [3.63, 3.8) is 0 Å². The van der Waals surface area contributed by atoms with E-state index in [1.165, 1.54) is 42.8 Å². The van der Waals surface area contributed by atoms with Gasteiger partial charge in [-0.1, -0.05) is 48.2 Å². The number of carbonyl (C=O) groups excluding carboxylic acids is 2. The summed E-state index contributed by atoms with van der Waals surface area (Å²) in [5, 5.41) is 16.2. The first kappa shape index (κ1) is 23.7. The molecule has 0 radical (unpaired) electrons. The van der Waals surface area contributed by atoms with Gasteiger partial charge in [0.05, 0.1) is 24.8 Å². The lowest BCUT2D eigenvalue weighted by atomic mass is 10.0. The molecule has 0 aliphatic heterocycles. The highest BCUT2D eigenvalue weighted by Crippen LogP contribution is 2.40. The van der Waals surface area contributed by atoms with Crippen LogP contribution < -0.4 is 0 Å². The Morgan fingerprint density at radius 1 is 0.914 bits per heavy atom. The van der Waals surface area contributed by atoms with E-state index in [0.29, 0.717) is 16.1 Å². The van der Waals surface area contributed by atoms with Gasteiger partial charge in [-0.25, -0.2) is 14.3 Å². The van der Waals surface area contributed by atoms with Gasteiger partial charge in [0.15, 0.2) is 5.69 Å². The minimum Gasteiger partial charge on any atom is -0.465 e. The predicted octanol–water partition coefficient (Wildman–Crippen LogP) is 5.17. The highest BCUT2D eigenvalue weighted by atomic mass is 32.2. The van der Waals surface area contributed by atoms with E-state index in [9.17, 15) is 19.7 Å². The van der Waals surface area contributed by atoms with E-state index in [-0.39, 0.29) is 22.6 Å². The number of hydrogen-bond acceptors (Lipinski definition) is 8. The van der Waals surface area contributed by atoms with Crippen LogP contribution in [0, 0.1) is 10.1 Å². The summed E-state index contributed by atoms with van der Waals surface area (Å²) in [5.41, 5.74) is 0.354. The normalized spacial score (nSPS) is 10.6. The Morgan fingerprint density at radius 3 is 2.14 bits per heavy atom. The van der Waals surface area contributed by atoms with Gasteiger partial charge in [-0.05, 0) is 30.3 Å². The van der Waals surface area contributed by atoms with E-state index in [1.54, 1.807) is 36.4 Å². The number of non-ortho nitro benzene ring substituents is 1. The van der Waals surface area contributed by atoms with Crippen molar-refractivity contribution >= 4 is 29.4 Å². The molecule has 0 unspecified atom stereocenters. The topological polar surface area (TPSA) is 114 Å². The molecule has 0 saturated carbocycles. The second-order valence-corrected chi connectivity index (χ2v) is 8.27. The first-order chi connectivity index (χ1) is 16.9. The fraction of sp³-hybridized carbons (Fsp3) is 0.0800. The lowest BCUT2D eigenvalue weighted by molar-refractivity contribution is -0.384. The van der Waals surface area contributed by atoms with Gasteiger partial charge >= 0.3 is 11.9 Å². The van der Waals surface area contributed by atoms with E-state index >= 15 is 0 Å². The molecular weight excluding hydrogens is 470 g/mol. The van der Waals surface area contributed by atoms with Gasteiger partial charge in [-0.3, -0.25) is 10.1 Å². The van der Waals surface area contributed by atoms with Crippen molar-refractivity contribution in [2.75, 3.05) is 14.2 Å².